The lowest BCUT2D eigenvalue weighted by Crippen LogP contribution is -2.25. The number of rotatable bonds is 6. The molecule has 18 heavy (non-hydrogen) atoms. The molecule has 1 heterocycles. The number of nitrogens with one attached hydrogen (secondary N) is 1. The summed E-state index contributed by atoms with van der Waals surface area (Å²) >= 11 is 12.0. The van der Waals surface area contributed by atoms with Crippen molar-refractivity contribution in [1.82, 2.24) is 4.98 Å². The maximum absolute atomic E-state index is 6.01. The third-order valence-electron chi connectivity index (χ3n) is 2.63. The van der Waals surface area contributed by atoms with E-state index in [4.69, 9.17) is 32.7 Å². The highest BCUT2D eigenvalue weighted by atomic mass is 35.5. The first-order valence-corrected chi connectivity index (χ1v) is 6.37. The zero-order valence-electron chi connectivity index (χ0n) is 11.0. The Kier molecular flexibility index (Phi) is 5.50. The van der Waals surface area contributed by atoms with Gasteiger partial charge in [0.25, 0.3) is 0 Å². The molecule has 0 aliphatic carbocycles. The summed E-state index contributed by atoms with van der Waals surface area (Å²) in [4.78, 5) is 4.20. The Morgan fingerprint density at radius 2 is 2.00 bits per heavy atom. The van der Waals surface area contributed by atoms with Crippen LogP contribution in [0.4, 0.5) is 5.82 Å². The average Bonchev–Trinajstić information content (AvgIpc) is 2.32. The minimum absolute atomic E-state index is 0.231. The molecule has 0 fully saturated rings. The highest BCUT2D eigenvalue weighted by Crippen LogP contribution is 2.30. The molecule has 0 saturated heterocycles. The molecule has 0 saturated carbocycles. The Balaban J connectivity index is 2.68. The fourth-order valence-corrected chi connectivity index (χ4v) is 1.73. The predicted octanol–water partition coefficient (Wildman–Crippen LogP) is 3.62. The van der Waals surface area contributed by atoms with Gasteiger partial charge in [0.2, 0.25) is 5.88 Å². The average molecular weight is 293 g/mol. The predicted molar refractivity (Wildman–Crippen MR) is 75.0 cm³/mol. The molecule has 6 heteroatoms. The van der Waals surface area contributed by atoms with Gasteiger partial charge in [0.15, 0.2) is 0 Å². The van der Waals surface area contributed by atoms with Crippen LogP contribution in [-0.4, -0.2) is 31.3 Å². The van der Waals surface area contributed by atoms with E-state index in [0.29, 0.717) is 28.3 Å². The smallest absolute Gasteiger partial charge is 0.234 e. The van der Waals surface area contributed by atoms with E-state index in [1.54, 1.807) is 20.2 Å². The second kappa shape index (κ2) is 6.45. The first-order chi connectivity index (χ1) is 8.39. The number of halogens is 2. The SMILES string of the molecule is CNc1nc(OCCC(C)(C)OC)c(Cl)cc1Cl. The maximum atomic E-state index is 6.01. The summed E-state index contributed by atoms with van der Waals surface area (Å²) in [5.41, 5.74) is -0.231. The normalized spacial score (nSPS) is 11.4. The van der Waals surface area contributed by atoms with Gasteiger partial charge >= 0.3 is 0 Å². The molecule has 1 aromatic heterocycles. The summed E-state index contributed by atoms with van der Waals surface area (Å²) in [6.45, 7) is 4.46. The van der Waals surface area contributed by atoms with Crippen molar-refractivity contribution in [1.29, 1.82) is 0 Å². The number of hydrogen-bond acceptors (Lipinski definition) is 4. The first kappa shape index (κ1) is 15.3. The zero-order chi connectivity index (χ0) is 13.8. The van der Waals surface area contributed by atoms with Crippen LogP contribution in [-0.2, 0) is 4.74 Å². The van der Waals surface area contributed by atoms with Crippen molar-refractivity contribution in [3.8, 4) is 5.88 Å². The van der Waals surface area contributed by atoms with E-state index < -0.39 is 0 Å². The van der Waals surface area contributed by atoms with Gasteiger partial charge in [-0.25, -0.2) is 0 Å². The van der Waals surface area contributed by atoms with E-state index in [2.05, 4.69) is 10.3 Å². The van der Waals surface area contributed by atoms with Crippen molar-refractivity contribution in [3.63, 3.8) is 0 Å². The van der Waals surface area contributed by atoms with Gasteiger partial charge in [-0.05, 0) is 19.9 Å². The largest absolute Gasteiger partial charge is 0.476 e. The quantitative estimate of drug-likeness (QED) is 0.870. The highest BCUT2D eigenvalue weighted by molar-refractivity contribution is 6.36. The number of ether oxygens (including phenoxy) is 2. The molecule has 1 aromatic rings. The third-order valence-corrected chi connectivity index (χ3v) is 3.19. The van der Waals surface area contributed by atoms with E-state index in [1.807, 2.05) is 13.8 Å². The number of methoxy groups -OCH3 is 1. The van der Waals surface area contributed by atoms with Crippen LogP contribution in [0.5, 0.6) is 5.88 Å². The molecular formula is C12H18Cl2N2O2. The van der Waals surface area contributed by atoms with Crippen molar-refractivity contribution in [3.05, 3.63) is 16.1 Å². The van der Waals surface area contributed by atoms with Crippen molar-refractivity contribution in [2.75, 3.05) is 26.1 Å². The monoisotopic (exact) mass is 292 g/mol. The van der Waals surface area contributed by atoms with Crippen LogP contribution in [0.15, 0.2) is 6.07 Å². The van der Waals surface area contributed by atoms with Crippen LogP contribution >= 0.6 is 23.2 Å². The van der Waals surface area contributed by atoms with Crippen molar-refractivity contribution in [2.45, 2.75) is 25.9 Å². The summed E-state index contributed by atoms with van der Waals surface area (Å²) < 4.78 is 10.9. The minimum atomic E-state index is -0.231. The second-order valence-electron chi connectivity index (χ2n) is 4.42. The van der Waals surface area contributed by atoms with Gasteiger partial charge in [-0.2, -0.15) is 4.98 Å². The Morgan fingerprint density at radius 1 is 1.33 bits per heavy atom. The number of aromatic nitrogens is 1. The summed E-state index contributed by atoms with van der Waals surface area (Å²) in [7, 11) is 3.41. The van der Waals surface area contributed by atoms with Crippen LogP contribution in [0.25, 0.3) is 0 Å². The molecule has 0 aliphatic heterocycles. The number of anilines is 1. The third kappa shape index (κ3) is 4.19. The topological polar surface area (TPSA) is 43.4 Å². The molecule has 1 N–H and O–H groups in total. The van der Waals surface area contributed by atoms with Crippen molar-refractivity contribution in [2.24, 2.45) is 0 Å². The van der Waals surface area contributed by atoms with Gasteiger partial charge in [-0.15, -0.1) is 0 Å². The highest BCUT2D eigenvalue weighted by Gasteiger charge is 2.17. The molecule has 0 amide bonds. The molecule has 102 valence electrons. The Morgan fingerprint density at radius 3 is 2.56 bits per heavy atom. The second-order valence-corrected chi connectivity index (χ2v) is 5.23. The molecule has 0 radical (unpaired) electrons. The van der Waals surface area contributed by atoms with Crippen molar-refractivity contribution >= 4 is 29.0 Å². The van der Waals surface area contributed by atoms with E-state index in [9.17, 15) is 0 Å². The van der Waals surface area contributed by atoms with E-state index in [1.165, 1.54) is 0 Å². The summed E-state index contributed by atoms with van der Waals surface area (Å²) in [6.07, 6.45) is 0.735. The zero-order valence-corrected chi connectivity index (χ0v) is 12.5. The molecular weight excluding hydrogens is 275 g/mol. The van der Waals surface area contributed by atoms with Crippen LogP contribution in [0.2, 0.25) is 10.0 Å². The number of nitrogens with zero attached hydrogens (tertiary/aromatic N) is 1. The van der Waals surface area contributed by atoms with Crippen molar-refractivity contribution < 1.29 is 9.47 Å². The van der Waals surface area contributed by atoms with Gasteiger partial charge < -0.3 is 14.8 Å². The minimum Gasteiger partial charge on any atom is -0.476 e. The molecule has 0 spiro atoms. The molecule has 0 bridgehead atoms. The Bertz CT molecular complexity index is 411. The fraction of sp³-hybridized carbons (Fsp3) is 0.583. The lowest BCUT2D eigenvalue weighted by atomic mass is 10.1. The van der Waals surface area contributed by atoms with Crippen LogP contribution < -0.4 is 10.1 Å². The number of pyridine rings is 1. The molecule has 0 aromatic carbocycles. The molecule has 0 atom stereocenters. The lowest BCUT2D eigenvalue weighted by Gasteiger charge is -2.22. The van der Waals surface area contributed by atoms with Gasteiger partial charge in [-0.1, -0.05) is 23.2 Å². The van der Waals surface area contributed by atoms with E-state index in [-0.39, 0.29) is 5.60 Å². The summed E-state index contributed by atoms with van der Waals surface area (Å²) in [5.74, 6) is 0.916. The Hall–Kier alpha value is -0.710. The van der Waals surface area contributed by atoms with E-state index >= 15 is 0 Å². The number of hydrogen-bond donors (Lipinski definition) is 1. The maximum Gasteiger partial charge on any atom is 0.234 e. The van der Waals surface area contributed by atoms with Gasteiger partial charge in [-0.3, -0.25) is 0 Å². The van der Waals surface area contributed by atoms with Gasteiger partial charge in [0, 0.05) is 20.6 Å². The van der Waals surface area contributed by atoms with Crippen LogP contribution in [0, 0.1) is 0 Å². The molecule has 0 aliphatic rings. The summed E-state index contributed by atoms with van der Waals surface area (Å²) in [6, 6.07) is 1.61. The standard InChI is InChI=1S/C12H18Cl2N2O2/c1-12(2,17-4)5-6-18-11-9(14)7-8(13)10(15-3)16-11/h7H,5-6H2,1-4H3,(H,15,16). The Labute approximate surface area is 118 Å². The molecule has 4 nitrogen and oxygen atoms in total. The van der Waals surface area contributed by atoms with Gasteiger partial charge in [0.1, 0.15) is 10.8 Å². The summed E-state index contributed by atoms with van der Waals surface area (Å²) in [5, 5.41) is 3.74. The van der Waals surface area contributed by atoms with Crippen LogP contribution in [0.3, 0.4) is 0 Å². The fourth-order valence-electron chi connectivity index (χ4n) is 1.22. The lowest BCUT2D eigenvalue weighted by molar-refractivity contribution is 0.00511. The molecule has 0 unspecified atom stereocenters. The van der Waals surface area contributed by atoms with E-state index in [0.717, 1.165) is 6.42 Å². The van der Waals surface area contributed by atoms with Gasteiger partial charge in [0.05, 0.1) is 17.2 Å². The first-order valence-electron chi connectivity index (χ1n) is 5.61. The molecule has 1 rings (SSSR count). The van der Waals surface area contributed by atoms with Crippen LogP contribution in [0.1, 0.15) is 20.3 Å².